The van der Waals surface area contributed by atoms with E-state index in [1.54, 1.807) is 0 Å². The molecule has 0 spiro atoms. The fourth-order valence-electron chi connectivity index (χ4n) is 3.36. The lowest BCUT2D eigenvalue weighted by Gasteiger charge is -2.19. The quantitative estimate of drug-likeness (QED) is 0.827. The van der Waals surface area contributed by atoms with Crippen molar-refractivity contribution in [3.8, 4) is 5.75 Å². The molecule has 1 aromatic carbocycles. The Morgan fingerprint density at radius 3 is 1.96 bits per heavy atom. The Hall–Kier alpha value is -1.51. The van der Waals surface area contributed by atoms with E-state index in [9.17, 15) is 4.79 Å². The molecule has 134 valence electrons. The molecule has 1 aromatic rings. The van der Waals surface area contributed by atoms with Crippen LogP contribution in [-0.4, -0.2) is 18.6 Å². The smallest absolute Gasteiger partial charge is 0.258 e. The Morgan fingerprint density at radius 2 is 1.42 bits per heavy atom. The average molecular weight is 332 g/mol. The van der Waals surface area contributed by atoms with Crippen LogP contribution in [0.15, 0.2) is 24.3 Å². The zero-order valence-corrected chi connectivity index (χ0v) is 15.2. The molecule has 1 amide bonds. The van der Waals surface area contributed by atoms with Gasteiger partial charge in [0, 0.05) is 6.04 Å². The van der Waals surface area contributed by atoms with Crippen LogP contribution in [0.2, 0.25) is 0 Å². The Bertz CT molecular complexity index is 457. The second-order valence-corrected chi connectivity index (χ2v) is 7.13. The van der Waals surface area contributed by atoms with Crippen LogP contribution in [-0.2, 0) is 4.79 Å². The standard InChI is InChI=1S/C21H33NO2/c1-18-13-15-20(16-14-18)24-17-21(23)22-19-11-9-7-5-3-2-4-6-8-10-12-19/h13-16,19H,2-12,17H2,1H3,(H,22,23). The van der Waals surface area contributed by atoms with Gasteiger partial charge in [-0.2, -0.15) is 0 Å². The summed E-state index contributed by atoms with van der Waals surface area (Å²) in [6, 6.07) is 8.15. The summed E-state index contributed by atoms with van der Waals surface area (Å²) in [5, 5.41) is 3.19. The van der Waals surface area contributed by atoms with Gasteiger partial charge in [-0.15, -0.1) is 0 Å². The van der Waals surface area contributed by atoms with Crippen LogP contribution in [0, 0.1) is 6.92 Å². The van der Waals surface area contributed by atoms with E-state index >= 15 is 0 Å². The first kappa shape index (κ1) is 18.8. The first-order valence-corrected chi connectivity index (χ1v) is 9.73. The van der Waals surface area contributed by atoms with Crippen molar-refractivity contribution in [1.82, 2.24) is 5.32 Å². The van der Waals surface area contributed by atoms with Crippen LogP contribution in [0.3, 0.4) is 0 Å². The van der Waals surface area contributed by atoms with Crippen molar-refractivity contribution < 1.29 is 9.53 Å². The lowest BCUT2D eigenvalue weighted by molar-refractivity contribution is -0.123. The number of rotatable bonds is 4. The van der Waals surface area contributed by atoms with E-state index in [2.05, 4.69) is 5.32 Å². The first-order chi connectivity index (χ1) is 11.7. The molecule has 0 aromatic heterocycles. The Morgan fingerprint density at radius 1 is 0.917 bits per heavy atom. The van der Waals surface area contributed by atoms with Gasteiger partial charge in [0.15, 0.2) is 6.61 Å². The van der Waals surface area contributed by atoms with Gasteiger partial charge in [-0.05, 0) is 31.9 Å². The van der Waals surface area contributed by atoms with Crippen molar-refractivity contribution in [2.45, 2.75) is 83.6 Å². The van der Waals surface area contributed by atoms with Crippen molar-refractivity contribution in [1.29, 1.82) is 0 Å². The number of amides is 1. The van der Waals surface area contributed by atoms with Crippen molar-refractivity contribution >= 4 is 5.91 Å². The summed E-state index contributed by atoms with van der Waals surface area (Å²) in [4.78, 5) is 12.2. The largest absolute Gasteiger partial charge is 0.484 e. The lowest BCUT2D eigenvalue weighted by atomic mass is 9.98. The van der Waals surface area contributed by atoms with E-state index in [0.29, 0.717) is 6.04 Å². The molecule has 0 aliphatic heterocycles. The monoisotopic (exact) mass is 331 g/mol. The molecule has 1 aliphatic carbocycles. The van der Waals surface area contributed by atoms with Gasteiger partial charge in [-0.25, -0.2) is 0 Å². The minimum atomic E-state index is 0.00710. The highest BCUT2D eigenvalue weighted by Gasteiger charge is 2.13. The van der Waals surface area contributed by atoms with Crippen LogP contribution in [0.4, 0.5) is 0 Å². The van der Waals surface area contributed by atoms with E-state index in [1.165, 1.54) is 63.4 Å². The third-order valence-electron chi connectivity index (χ3n) is 4.86. The molecule has 0 atom stereocenters. The zero-order chi connectivity index (χ0) is 17.0. The minimum Gasteiger partial charge on any atom is -0.484 e. The summed E-state index contributed by atoms with van der Waals surface area (Å²) in [5.41, 5.74) is 1.19. The second-order valence-electron chi connectivity index (χ2n) is 7.13. The van der Waals surface area contributed by atoms with Crippen molar-refractivity contribution in [3.05, 3.63) is 29.8 Å². The highest BCUT2D eigenvalue weighted by molar-refractivity contribution is 5.77. The van der Waals surface area contributed by atoms with E-state index in [4.69, 9.17) is 4.74 Å². The molecular formula is C21H33NO2. The Balaban J connectivity index is 1.73. The van der Waals surface area contributed by atoms with Gasteiger partial charge in [0.2, 0.25) is 0 Å². The summed E-state index contributed by atoms with van der Waals surface area (Å²) >= 11 is 0. The molecule has 1 fully saturated rings. The SMILES string of the molecule is Cc1ccc(OCC(=O)NC2CCCCCCCCCCC2)cc1. The van der Waals surface area contributed by atoms with E-state index in [1.807, 2.05) is 31.2 Å². The van der Waals surface area contributed by atoms with Gasteiger partial charge < -0.3 is 10.1 Å². The topological polar surface area (TPSA) is 38.3 Å². The molecule has 1 aliphatic rings. The number of carbonyl (C=O) groups is 1. The number of carbonyl (C=O) groups excluding carboxylic acids is 1. The molecule has 1 saturated carbocycles. The molecule has 0 bridgehead atoms. The molecule has 24 heavy (non-hydrogen) atoms. The van der Waals surface area contributed by atoms with Gasteiger partial charge in [-0.1, -0.05) is 75.5 Å². The molecule has 2 rings (SSSR count). The highest BCUT2D eigenvalue weighted by Crippen LogP contribution is 2.17. The molecule has 3 heteroatoms. The predicted octanol–water partition coefficient (Wildman–Crippen LogP) is 5.16. The fraction of sp³-hybridized carbons (Fsp3) is 0.667. The Kier molecular flexibility index (Phi) is 8.72. The number of ether oxygens (including phenoxy) is 1. The number of nitrogens with one attached hydrogen (secondary N) is 1. The molecule has 0 unspecified atom stereocenters. The Labute approximate surface area is 147 Å². The highest BCUT2D eigenvalue weighted by atomic mass is 16.5. The van der Waals surface area contributed by atoms with Crippen LogP contribution in [0.1, 0.15) is 76.2 Å². The first-order valence-electron chi connectivity index (χ1n) is 9.73. The van der Waals surface area contributed by atoms with Gasteiger partial charge in [-0.3, -0.25) is 4.79 Å². The number of hydrogen-bond acceptors (Lipinski definition) is 2. The molecule has 3 nitrogen and oxygen atoms in total. The molecule has 1 N–H and O–H groups in total. The summed E-state index contributed by atoms with van der Waals surface area (Å²) in [6.07, 6.45) is 14.1. The maximum atomic E-state index is 12.2. The normalized spacial score (nSPS) is 18.2. The van der Waals surface area contributed by atoms with Gasteiger partial charge in [0.25, 0.3) is 5.91 Å². The minimum absolute atomic E-state index is 0.00710. The molecule has 0 radical (unpaired) electrons. The molecule has 0 heterocycles. The van der Waals surface area contributed by atoms with Gasteiger partial charge in [0.1, 0.15) is 5.75 Å². The van der Waals surface area contributed by atoms with Crippen LogP contribution in [0.25, 0.3) is 0 Å². The van der Waals surface area contributed by atoms with E-state index in [-0.39, 0.29) is 12.5 Å². The van der Waals surface area contributed by atoms with E-state index < -0.39 is 0 Å². The van der Waals surface area contributed by atoms with Crippen LogP contribution in [0.5, 0.6) is 5.75 Å². The predicted molar refractivity (Wildman–Crippen MR) is 99.4 cm³/mol. The average Bonchev–Trinajstić information content (AvgIpc) is 2.57. The third kappa shape index (κ3) is 7.85. The number of hydrogen-bond donors (Lipinski definition) is 1. The summed E-state index contributed by atoms with van der Waals surface area (Å²) in [7, 11) is 0. The number of benzene rings is 1. The maximum absolute atomic E-state index is 12.2. The van der Waals surface area contributed by atoms with Crippen LogP contribution >= 0.6 is 0 Å². The van der Waals surface area contributed by atoms with Crippen molar-refractivity contribution in [2.75, 3.05) is 6.61 Å². The number of aryl methyl sites for hydroxylation is 1. The van der Waals surface area contributed by atoms with Crippen LogP contribution < -0.4 is 10.1 Å². The molecule has 0 saturated heterocycles. The maximum Gasteiger partial charge on any atom is 0.258 e. The van der Waals surface area contributed by atoms with Crippen molar-refractivity contribution in [2.24, 2.45) is 0 Å². The molecular weight excluding hydrogens is 298 g/mol. The lowest BCUT2D eigenvalue weighted by Crippen LogP contribution is -2.38. The van der Waals surface area contributed by atoms with Gasteiger partial charge >= 0.3 is 0 Å². The van der Waals surface area contributed by atoms with E-state index in [0.717, 1.165) is 18.6 Å². The zero-order valence-electron chi connectivity index (χ0n) is 15.2. The summed E-state index contributed by atoms with van der Waals surface area (Å²) < 4.78 is 5.59. The van der Waals surface area contributed by atoms with Gasteiger partial charge in [0.05, 0.1) is 0 Å². The van der Waals surface area contributed by atoms with Crippen molar-refractivity contribution in [3.63, 3.8) is 0 Å². The summed E-state index contributed by atoms with van der Waals surface area (Å²) in [5.74, 6) is 0.766. The summed E-state index contributed by atoms with van der Waals surface area (Å²) in [6.45, 7) is 2.15. The second kappa shape index (κ2) is 11.1. The third-order valence-corrected chi connectivity index (χ3v) is 4.86. The fourth-order valence-corrected chi connectivity index (χ4v) is 3.36.